The van der Waals surface area contributed by atoms with Crippen LogP contribution in [0.4, 0.5) is 15.8 Å². The van der Waals surface area contributed by atoms with E-state index in [9.17, 15) is 4.39 Å². The summed E-state index contributed by atoms with van der Waals surface area (Å²) in [7, 11) is 0. The highest BCUT2D eigenvalue weighted by atomic mass is 35.5. The maximum Gasteiger partial charge on any atom is 0.123 e. The lowest BCUT2D eigenvalue weighted by Gasteiger charge is -2.10. The van der Waals surface area contributed by atoms with Crippen LogP contribution in [0.1, 0.15) is 0 Å². The van der Waals surface area contributed by atoms with Crippen LogP contribution in [0.2, 0.25) is 10.0 Å². The molecule has 2 N–H and O–H groups in total. The maximum atomic E-state index is 12.7. The Bertz CT molecular complexity index is 544. The molecule has 2 aromatic rings. The minimum Gasteiger partial charge on any atom is -0.383 e. The lowest BCUT2D eigenvalue weighted by molar-refractivity contribution is 0.628. The topological polar surface area (TPSA) is 24.1 Å². The number of hydrogen-bond donors (Lipinski definition) is 2. The van der Waals surface area contributed by atoms with Crippen LogP contribution in [0.3, 0.4) is 0 Å². The van der Waals surface area contributed by atoms with E-state index >= 15 is 0 Å². The third kappa shape index (κ3) is 4.30. The van der Waals surface area contributed by atoms with Crippen LogP contribution in [0.15, 0.2) is 42.5 Å². The van der Waals surface area contributed by atoms with E-state index in [1.165, 1.54) is 12.1 Å². The number of benzene rings is 2. The van der Waals surface area contributed by atoms with E-state index in [2.05, 4.69) is 10.6 Å². The van der Waals surface area contributed by atoms with Crippen molar-refractivity contribution in [2.24, 2.45) is 0 Å². The number of anilines is 2. The minimum absolute atomic E-state index is 0.239. The first-order valence-corrected chi connectivity index (χ1v) is 6.59. The summed E-state index contributed by atoms with van der Waals surface area (Å²) >= 11 is 11.8. The fraction of sp³-hybridized carbons (Fsp3) is 0.143. The molecule has 0 fully saturated rings. The molecule has 5 heteroatoms. The quantitative estimate of drug-likeness (QED) is 0.785. The normalized spacial score (nSPS) is 10.3. The summed E-state index contributed by atoms with van der Waals surface area (Å²) < 4.78 is 12.7. The van der Waals surface area contributed by atoms with Crippen LogP contribution < -0.4 is 10.6 Å². The van der Waals surface area contributed by atoms with Crippen molar-refractivity contribution in [2.75, 3.05) is 23.7 Å². The summed E-state index contributed by atoms with van der Waals surface area (Å²) in [5.41, 5.74) is 1.72. The molecule has 0 aliphatic carbocycles. The predicted molar refractivity (Wildman–Crippen MR) is 79.8 cm³/mol. The summed E-state index contributed by atoms with van der Waals surface area (Å²) in [6.07, 6.45) is 0. The molecule has 0 aliphatic rings. The zero-order valence-corrected chi connectivity index (χ0v) is 11.6. The van der Waals surface area contributed by atoms with Gasteiger partial charge in [-0.05, 0) is 42.5 Å². The molecule has 2 nitrogen and oxygen atoms in total. The summed E-state index contributed by atoms with van der Waals surface area (Å²) in [4.78, 5) is 0. The Morgan fingerprint density at radius 1 is 0.895 bits per heavy atom. The summed E-state index contributed by atoms with van der Waals surface area (Å²) in [5.74, 6) is -0.239. The van der Waals surface area contributed by atoms with Crippen molar-refractivity contribution in [1.82, 2.24) is 0 Å². The molecule has 0 heterocycles. The van der Waals surface area contributed by atoms with Gasteiger partial charge in [-0.2, -0.15) is 0 Å². The Hall–Kier alpha value is -1.45. The van der Waals surface area contributed by atoms with Crippen LogP contribution >= 0.6 is 23.2 Å². The molecular formula is C14H13Cl2FN2. The molecule has 0 saturated carbocycles. The highest BCUT2D eigenvalue weighted by Gasteiger charge is 2.00. The Labute approximate surface area is 121 Å². The van der Waals surface area contributed by atoms with Gasteiger partial charge in [0.2, 0.25) is 0 Å². The highest BCUT2D eigenvalue weighted by Crippen LogP contribution is 2.24. The van der Waals surface area contributed by atoms with E-state index in [0.29, 0.717) is 23.1 Å². The van der Waals surface area contributed by atoms with Crippen LogP contribution in [0.25, 0.3) is 0 Å². The molecule has 0 aromatic heterocycles. The molecule has 0 aliphatic heterocycles. The lowest BCUT2D eigenvalue weighted by atomic mass is 10.3. The van der Waals surface area contributed by atoms with Gasteiger partial charge in [0.15, 0.2) is 0 Å². The smallest absolute Gasteiger partial charge is 0.123 e. The summed E-state index contributed by atoms with van der Waals surface area (Å²) in [6.45, 7) is 1.39. The first-order valence-electron chi connectivity index (χ1n) is 5.83. The van der Waals surface area contributed by atoms with E-state index < -0.39 is 0 Å². The number of rotatable bonds is 5. The van der Waals surface area contributed by atoms with E-state index in [4.69, 9.17) is 23.2 Å². The van der Waals surface area contributed by atoms with Gasteiger partial charge in [0, 0.05) is 23.8 Å². The van der Waals surface area contributed by atoms with E-state index in [0.717, 1.165) is 11.4 Å². The van der Waals surface area contributed by atoms with Gasteiger partial charge in [-0.25, -0.2) is 4.39 Å². The monoisotopic (exact) mass is 298 g/mol. The molecule has 0 spiro atoms. The van der Waals surface area contributed by atoms with E-state index in [1.54, 1.807) is 24.3 Å². The van der Waals surface area contributed by atoms with Crippen molar-refractivity contribution in [3.8, 4) is 0 Å². The molecule has 0 unspecified atom stereocenters. The molecule has 0 bridgehead atoms. The number of halogens is 3. The second-order valence-corrected chi connectivity index (χ2v) is 4.83. The van der Waals surface area contributed by atoms with Crippen LogP contribution in [-0.4, -0.2) is 13.1 Å². The van der Waals surface area contributed by atoms with Crippen molar-refractivity contribution in [3.05, 3.63) is 58.3 Å². The van der Waals surface area contributed by atoms with Gasteiger partial charge in [-0.1, -0.05) is 23.2 Å². The van der Waals surface area contributed by atoms with Gasteiger partial charge in [-0.15, -0.1) is 0 Å². The molecule has 100 valence electrons. The number of hydrogen-bond acceptors (Lipinski definition) is 2. The molecule has 19 heavy (non-hydrogen) atoms. The van der Waals surface area contributed by atoms with E-state index in [1.807, 2.05) is 6.07 Å². The lowest BCUT2D eigenvalue weighted by Crippen LogP contribution is -2.13. The first kappa shape index (κ1) is 14.0. The molecule has 2 aromatic carbocycles. The number of nitrogens with one attached hydrogen (secondary N) is 2. The third-order valence-corrected chi connectivity index (χ3v) is 3.09. The highest BCUT2D eigenvalue weighted by molar-refractivity contribution is 6.36. The fourth-order valence-electron chi connectivity index (χ4n) is 1.60. The molecule has 0 saturated heterocycles. The maximum absolute atomic E-state index is 12.7. The summed E-state index contributed by atoms with van der Waals surface area (Å²) in [6, 6.07) is 11.6. The zero-order valence-electron chi connectivity index (χ0n) is 10.1. The largest absolute Gasteiger partial charge is 0.383 e. The first-order chi connectivity index (χ1) is 9.15. The van der Waals surface area contributed by atoms with Crippen LogP contribution in [0.5, 0.6) is 0 Å². The van der Waals surface area contributed by atoms with Gasteiger partial charge in [0.25, 0.3) is 0 Å². The molecular weight excluding hydrogens is 286 g/mol. The molecule has 0 radical (unpaired) electrons. The zero-order chi connectivity index (χ0) is 13.7. The average molecular weight is 299 g/mol. The Balaban J connectivity index is 1.79. The molecule has 2 rings (SSSR count). The molecule has 0 atom stereocenters. The van der Waals surface area contributed by atoms with Gasteiger partial charge < -0.3 is 10.6 Å². The Morgan fingerprint density at radius 3 is 2.26 bits per heavy atom. The Kier molecular flexibility index (Phi) is 4.88. The molecule has 0 amide bonds. The average Bonchev–Trinajstić information content (AvgIpc) is 2.39. The van der Waals surface area contributed by atoms with Gasteiger partial charge in [0.05, 0.1) is 10.7 Å². The van der Waals surface area contributed by atoms with Crippen molar-refractivity contribution >= 4 is 34.6 Å². The fourth-order valence-corrected chi connectivity index (χ4v) is 2.08. The van der Waals surface area contributed by atoms with Gasteiger partial charge in [-0.3, -0.25) is 0 Å². The minimum atomic E-state index is -0.239. The van der Waals surface area contributed by atoms with Crippen LogP contribution in [0, 0.1) is 5.82 Å². The standard InChI is InChI=1S/C14H13Cl2FN2/c15-10-1-6-14(13(16)9-10)19-8-7-18-12-4-2-11(17)3-5-12/h1-6,9,18-19H,7-8H2. The van der Waals surface area contributed by atoms with Crippen molar-refractivity contribution in [3.63, 3.8) is 0 Å². The van der Waals surface area contributed by atoms with Crippen LogP contribution in [-0.2, 0) is 0 Å². The second-order valence-electron chi connectivity index (χ2n) is 3.98. The van der Waals surface area contributed by atoms with Gasteiger partial charge in [0.1, 0.15) is 5.82 Å². The van der Waals surface area contributed by atoms with Crippen molar-refractivity contribution in [2.45, 2.75) is 0 Å². The van der Waals surface area contributed by atoms with E-state index in [-0.39, 0.29) is 5.82 Å². The van der Waals surface area contributed by atoms with Gasteiger partial charge >= 0.3 is 0 Å². The SMILES string of the molecule is Fc1ccc(NCCNc2ccc(Cl)cc2Cl)cc1. The Morgan fingerprint density at radius 2 is 1.58 bits per heavy atom. The van der Waals surface area contributed by atoms with Crippen molar-refractivity contribution in [1.29, 1.82) is 0 Å². The predicted octanol–water partition coefficient (Wildman–Crippen LogP) is 4.66. The van der Waals surface area contributed by atoms with Crippen molar-refractivity contribution < 1.29 is 4.39 Å². The third-order valence-electron chi connectivity index (χ3n) is 2.54. The second kappa shape index (κ2) is 6.64. The summed E-state index contributed by atoms with van der Waals surface area (Å²) in [5, 5.41) is 7.57.